The number of rotatable bonds is 5. The predicted octanol–water partition coefficient (Wildman–Crippen LogP) is 5.24. The van der Waals surface area contributed by atoms with Gasteiger partial charge >= 0.3 is 0 Å². The average molecular weight is 375 g/mol. The Balaban J connectivity index is 1.63. The first-order chi connectivity index (χ1) is 10.7. The van der Waals surface area contributed by atoms with E-state index in [1.165, 1.54) is 11.1 Å². The number of benzene rings is 2. The summed E-state index contributed by atoms with van der Waals surface area (Å²) in [7, 11) is 0. The van der Waals surface area contributed by atoms with Gasteiger partial charge in [0.15, 0.2) is 0 Å². The van der Waals surface area contributed by atoms with Crippen LogP contribution >= 0.6 is 27.7 Å². The molecule has 0 bridgehead atoms. The molecule has 0 saturated heterocycles. The van der Waals surface area contributed by atoms with E-state index in [-0.39, 0.29) is 0 Å². The smallest absolute Gasteiger partial charge is 0.248 e. The van der Waals surface area contributed by atoms with Crippen molar-refractivity contribution >= 4 is 27.7 Å². The van der Waals surface area contributed by atoms with Crippen LogP contribution in [0, 0.1) is 6.92 Å². The second-order valence-corrected chi connectivity index (χ2v) is 6.74. The molecule has 5 heteroatoms. The van der Waals surface area contributed by atoms with Gasteiger partial charge in [-0.25, -0.2) is 0 Å². The monoisotopic (exact) mass is 374 g/mol. The lowest BCUT2D eigenvalue weighted by Gasteiger charge is -2.03. The molecule has 0 unspecified atom stereocenters. The molecule has 0 fully saturated rings. The van der Waals surface area contributed by atoms with E-state index in [1.807, 2.05) is 24.3 Å². The topological polar surface area (TPSA) is 38.9 Å². The molecule has 3 rings (SSSR count). The maximum atomic E-state index is 5.75. The number of hydrogen-bond donors (Lipinski definition) is 0. The first kappa shape index (κ1) is 15.3. The third-order valence-corrected chi connectivity index (χ3v) is 4.97. The molecule has 3 nitrogen and oxygen atoms in total. The number of nitrogens with zero attached hydrogens (tertiary/aromatic N) is 2. The molecule has 0 saturated carbocycles. The Labute approximate surface area is 142 Å². The lowest BCUT2D eigenvalue weighted by molar-refractivity contribution is 0.528. The molecule has 22 heavy (non-hydrogen) atoms. The van der Waals surface area contributed by atoms with Gasteiger partial charge in [0.2, 0.25) is 11.8 Å². The molecule has 0 aliphatic heterocycles. The van der Waals surface area contributed by atoms with Crippen LogP contribution in [0.5, 0.6) is 0 Å². The summed E-state index contributed by atoms with van der Waals surface area (Å²) in [6, 6.07) is 16.3. The molecule has 0 spiro atoms. The van der Waals surface area contributed by atoms with Crippen molar-refractivity contribution in [3.05, 3.63) is 70.0 Å². The van der Waals surface area contributed by atoms with Crippen LogP contribution in [-0.4, -0.2) is 10.2 Å². The summed E-state index contributed by atoms with van der Waals surface area (Å²) >= 11 is 5.28. The lowest BCUT2D eigenvalue weighted by atomic mass is 10.1. The van der Waals surface area contributed by atoms with Crippen LogP contribution in [0.25, 0.3) is 11.5 Å². The fraction of sp³-hybridized carbons (Fsp3) is 0.176. The van der Waals surface area contributed by atoms with E-state index in [0.717, 1.165) is 15.8 Å². The highest BCUT2D eigenvalue weighted by Gasteiger charge is 2.11. The summed E-state index contributed by atoms with van der Waals surface area (Å²) in [5.74, 6) is 2.87. The van der Waals surface area contributed by atoms with Crippen LogP contribution in [0.1, 0.15) is 17.0 Å². The molecule has 0 radical (unpaired) electrons. The van der Waals surface area contributed by atoms with E-state index in [9.17, 15) is 0 Å². The maximum Gasteiger partial charge on any atom is 0.248 e. The van der Waals surface area contributed by atoms with Crippen molar-refractivity contribution in [2.75, 3.05) is 0 Å². The highest BCUT2D eigenvalue weighted by atomic mass is 79.9. The molecule has 3 aromatic rings. The van der Waals surface area contributed by atoms with Crippen LogP contribution in [0.4, 0.5) is 0 Å². The van der Waals surface area contributed by atoms with Crippen LogP contribution in [0.2, 0.25) is 0 Å². The number of hydrogen-bond acceptors (Lipinski definition) is 4. The van der Waals surface area contributed by atoms with Gasteiger partial charge in [-0.05, 0) is 46.1 Å². The van der Waals surface area contributed by atoms with Gasteiger partial charge in [0.1, 0.15) is 0 Å². The zero-order valence-electron chi connectivity index (χ0n) is 12.1. The summed E-state index contributed by atoms with van der Waals surface area (Å²) in [6.07, 6.45) is 0. The SMILES string of the molecule is Cc1ccccc1CSCc1nnc(-c2ccccc2Br)o1. The van der Waals surface area contributed by atoms with Crippen molar-refractivity contribution in [1.29, 1.82) is 0 Å². The molecule has 0 N–H and O–H groups in total. The molecular weight excluding hydrogens is 360 g/mol. The minimum absolute atomic E-state index is 0.555. The standard InChI is InChI=1S/C17H15BrN2OS/c1-12-6-2-3-7-13(12)10-22-11-16-19-20-17(21-16)14-8-4-5-9-15(14)18/h2-9H,10-11H2,1H3. The van der Waals surface area contributed by atoms with E-state index >= 15 is 0 Å². The summed E-state index contributed by atoms with van der Waals surface area (Å²) in [5, 5.41) is 8.26. The Bertz CT molecular complexity index is 773. The lowest BCUT2D eigenvalue weighted by Crippen LogP contribution is -1.87. The van der Waals surface area contributed by atoms with Crippen molar-refractivity contribution in [2.45, 2.75) is 18.4 Å². The summed E-state index contributed by atoms with van der Waals surface area (Å²) in [6.45, 7) is 2.13. The molecule has 0 atom stereocenters. The molecule has 0 aliphatic carbocycles. The van der Waals surface area contributed by atoms with Crippen LogP contribution in [0.15, 0.2) is 57.4 Å². The van der Waals surface area contributed by atoms with E-state index in [0.29, 0.717) is 17.5 Å². The van der Waals surface area contributed by atoms with Gasteiger partial charge in [-0.1, -0.05) is 36.4 Å². The van der Waals surface area contributed by atoms with Gasteiger partial charge < -0.3 is 4.42 Å². The fourth-order valence-corrected chi connectivity index (χ4v) is 3.47. The van der Waals surface area contributed by atoms with Crippen LogP contribution < -0.4 is 0 Å². The highest BCUT2D eigenvalue weighted by Crippen LogP contribution is 2.28. The third-order valence-electron chi connectivity index (χ3n) is 3.32. The van der Waals surface area contributed by atoms with Gasteiger partial charge in [0.25, 0.3) is 0 Å². The highest BCUT2D eigenvalue weighted by molar-refractivity contribution is 9.10. The largest absolute Gasteiger partial charge is 0.420 e. The first-order valence-electron chi connectivity index (χ1n) is 6.93. The molecule has 1 heterocycles. The van der Waals surface area contributed by atoms with Crippen molar-refractivity contribution in [2.24, 2.45) is 0 Å². The zero-order valence-corrected chi connectivity index (χ0v) is 14.5. The van der Waals surface area contributed by atoms with Crippen molar-refractivity contribution in [1.82, 2.24) is 10.2 Å². The van der Waals surface area contributed by atoms with Crippen molar-refractivity contribution in [3.8, 4) is 11.5 Å². The van der Waals surface area contributed by atoms with Gasteiger partial charge in [-0.2, -0.15) is 0 Å². The third kappa shape index (κ3) is 3.59. The second-order valence-electron chi connectivity index (χ2n) is 4.90. The van der Waals surface area contributed by atoms with Crippen LogP contribution in [-0.2, 0) is 11.5 Å². The Kier molecular flexibility index (Phi) is 4.95. The minimum atomic E-state index is 0.555. The normalized spacial score (nSPS) is 10.8. The summed E-state index contributed by atoms with van der Waals surface area (Å²) < 4.78 is 6.70. The fourth-order valence-electron chi connectivity index (χ4n) is 2.08. The molecule has 0 amide bonds. The molecular formula is C17H15BrN2OS. The summed E-state index contributed by atoms with van der Waals surface area (Å²) in [5.41, 5.74) is 3.58. The van der Waals surface area contributed by atoms with E-state index < -0.39 is 0 Å². The number of thioether (sulfide) groups is 1. The number of aryl methyl sites for hydroxylation is 1. The Morgan fingerprint density at radius 3 is 2.59 bits per heavy atom. The van der Waals surface area contributed by atoms with Crippen LogP contribution in [0.3, 0.4) is 0 Å². The quantitative estimate of drug-likeness (QED) is 0.611. The minimum Gasteiger partial charge on any atom is -0.420 e. The number of aromatic nitrogens is 2. The average Bonchev–Trinajstić information content (AvgIpc) is 2.98. The first-order valence-corrected chi connectivity index (χ1v) is 8.88. The molecule has 1 aromatic heterocycles. The summed E-state index contributed by atoms with van der Waals surface area (Å²) in [4.78, 5) is 0. The van der Waals surface area contributed by atoms with E-state index in [2.05, 4.69) is 57.3 Å². The second kappa shape index (κ2) is 7.11. The van der Waals surface area contributed by atoms with Gasteiger partial charge in [0.05, 0.1) is 11.3 Å². The van der Waals surface area contributed by atoms with E-state index in [1.54, 1.807) is 11.8 Å². The number of halogens is 1. The zero-order chi connectivity index (χ0) is 15.4. The van der Waals surface area contributed by atoms with Crippen molar-refractivity contribution in [3.63, 3.8) is 0 Å². The Morgan fingerprint density at radius 1 is 1.00 bits per heavy atom. The van der Waals surface area contributed by atoms with Gasteiger partial charge in [0, 0.05) is 10.2 Å². The molecule has 112 valence electrons. The Hall–Kier alpha value is -1.59. The van der Waals surface area contributed by atoms with Crippen molar-refractivity contribution < 1.29 is 4.42 Å². The van der Waals surface area contributed by atoms with Gasteiger partial charge in [-0.15, -0.1) is 22.0 Å². The van der Waals surface area contributed by atoms with Gasteiger partial charge in [-0.3, -0.25) is 0 Å². The molecule has 0 aliphatic rings. The predicted molar refractivity (Wildman–Crippen MR) is 93.6 cm³/mol. The Morgan fingerprint density at radius 2 is 1.77 bits per heavy atom. The van der Waals surface area contributed by atoms with E-state index in [4.69, 9.17) is 4.42 Å². The maximum absolute atomic E-state index is 5.75. The molecule has 2 aromatic carbocycles.